The number of hydrogen-bond donors (Lipinski definition) is 0. The van der Waals surface area contributed by atoms with Crippen molar-refractivity contribution in [1.29, 1.82) is 0 Å². The molecule has 3 aromatic carbocycles. The smallest absolute Gasteiger partial charge is 0.293 e. The molecule has 0 saturated carbocycles. The van der Waals surface area contributed by atoms with Crippen LogP contribution in [0.2, 0.25) is 10.0 Å². The van der Waals surface area contributed by atoms with Gasteiger partial charge >= 0.3 is 0 Å². The molecule has 0 N–H and O–H groups in total. The maximum atomic E-state index is 12.7. The number of thioether (sulfide) groups is 1. The molecule has 1 heterocycles. The minimum atomic E-state index is -0.300. The molecule has 1 aliphatic heterocycles. The van der Waals surface area contributed by atoms with Gasteiger partial charge in [-0.25, -0.2) is 0 Å². The SMILES string of the molecule is O=C1S/C(=C\c2ccc(OCc3cccc(Cl)c3)cc2)C(=O)N1Cc1ccc(Cl)cc1. The van der Waals surface area contributed by atoms with Crippen LogP contribution in [0.3, 0.4) is 0 Å². The van der Waals surface area contributed by atoms with E-state index in [4.69, 9.17) is 27.9 Å². The summed E-state index contributed by atoms with van der Waals surface area (Å²) >= 11 is 12.8. The third kappa shape index (κ3) is 5.50. The molecule has 156 valence electrons. The van der Waals surface area contributed by atoms with Crippen LogP contribution in [0.25, 0.3) is 6.08 Å². The largest absolute Gasteiger partial charge is 0.489 e. The van der Waals surface area contributed by atoms with Crippen LogP contribution in [0.5, 0.6) is 5.75 Å². The Morgan fingerprint density at radius 2 is 1.61 bits per heavy atom. The first kappa shape index (κ1) is 21.5. The fourth-order valence-corrected chi connectivity index (χ4v) is 4.19. The number of carbonyl (C=O) groups excluding carboxylic acids is 2. The Kier molecular flexibility index (Phi) is 6.66. The molecule has 2 amide bonds. The zero-order chi connectivity index (χ0) is 21.8. The highest BCUT2D eigenvalue weighted by Gasteiger charge is 2.34. The lowest BCUT2D eigenvalue weighted by molar-refractivity contribution is -0.123. The van der Waals surface area contributed by atoms with E-state index < -0.39 is 0 Å². The highest BCUT2D eigenvalue weighted by atomic mass is 35.5. The summed E-state index contributed by atoms with van der Waals surface area (Å²) in [4.78, 5) is 26.7. The fraction of sp³-hybridized carbons (Fsp3) is 0.0833. The first-order valence-corrected chi connectivity index (χ1v) is 11.0. The van der Waals surface area contributed by atoms with E-state index in [9.17, 15) is 9.59 Å². The Bertz CT molecular complexity index is 1140. The monoisotopic (exact) mass is 469 g/mol. The average molecular weight is 470 g/mol. The van der Waals surface area contributed by atoms with Crippen LogP contribution in [-0.2, 0) is 17.9 Å². The van der Waals surface area contributed by atoms with E-state index >= 15 is 0 Å². The summed E-state index contributed by atoms with van der Waals surface area (Å²) in [5, 5.41) is 0.993. The maximum absolute atomic E-state index is 12.7. The van der Waals surface area contributed by atoms with Gasteiger partial charge in [0.05, 0.1) is 11.4 Å². The Balaban J connectivity index is 1.40. The van der Waals surface area contributed by atoms with E-state index in [0.29, 0.717) is 27.3 Å². The van der Waals surface area contributed by atoms with Crippen LogP contribution in [0.1, 0.15) is 16.7 Å². The molecule has 7 heteroatoms. The molecular formula is C24H17Cl2NO3S. The van der Waals surface area contributed by atoms with Crippen molar-refractivity contribution in [1.82, 2.24) is 4.90 Å². The van der Waals surface area contributed by atoms with Gasteiger partial charge in [-0.1, -0.05) is 59.6 Å². The van der Waals surface area contributed by atoms with Crippen molar-refractivity contribution >= 4 is 52.2 Å². The number of carbonyl (C=O) groups is 2. The minimum absolute atomic E-state index is 0.218. The Hall–Kier alpha value is -2.73. The van der Waals surface area contributed by atoms with Gasteiger partial charge in [-0.05, 0) is 70.9 Å². The van der Waals surface area contributed by atoms with Gasteiger partial charge in [-0.15, -0.1) is 0 Å². The number of amides is 2. The number of hydrogen-bond acceptors (Lipinski definition) is 4. The first-order chi connectivity index (χ1) is 15.0. The third-order valence-corrected chi connectivity index (χ3v) is 5.99. The van der Waals surface area contributed by atoms with Crippen molar-refractivity contribution in [3.63, 3.8) is 0 Å². The van der Waals surface area contributed by atoms with Gasteiger partial charge in [0.25, 0.3) is 11.1 Å². The topological polar surface area (TPSA) is 46.6 Å². The second-order valence-corrected chi connectivity index (χ2v) is 8.75. The summed E-state index contributed by atoms with van der Waals surface area (Å²) in [7, 11) is 0. The van der Waals surface area contributed by atoms with E-state index in [1.54, 1.807) is 30.3 Å². The third-order valence-electron chi connectivity index (χ3n) is 4.60. The Morgan fingerprint density at radius 1 is 0.871 bits per heavy atom. The van der Waals surface area contributed by atoms with Gasteiger partial charge in [0.1, 0.15) is 12.4 Å². The number of halogens is 2. The molecule has 1 fully saturated rings. The molecule has 4 nitrogen and oxygen atoms in total. The lowest BCUT2D eigenvalue weighted by Crippen LogP contribution is -2.27. The second-order valence-electron chi connectivity index (χ2n) is 6.88. The van der Waals surface area contributed by atoms with Crippen LogP contribution >= 0.6 is 35.0 Å². The number of benzene rings is 3. The summed E-state index contributed by atoms with van der Waals surface area (Å²) < 4.78 is 5.78. The molecule has 1 saturated heterocycles. The van der Waals surface area contributed by atoms with E-state index in [0.717, 1.165) is 28.5 Å². The summed E-state index contributed by atoms with van der Waals surface area (Å²) in [6.07, 6.45) is 1.72. The van der Waals surface area contributed by atoms with Crippen LogP contribution in [0, 0.1) is 0 Å². The van der Waals surface area contributed by atoms with Crippen molar-refractivity contribution < 1.29 is 14.3 Å². The van der Waals surface area contributed by atoms with Crippen molar-refractivity contribution in [2.75, 3.05) is 0 Å². The Labute approximate surface area is 194 Å². The highest BCUT2D eigenvalue weighted by molar-refractivity contribution is 8.18. The lowest BCUT2D eigenvalue weighted by atomic mass is 10.2. The van der Waals surface area contributed by atoms with E-state index in [-0.39, 0.29) is 17.7 Å². The van der Waals surface area contributed by atoms with Crippen LogP contribution in [0.4, 0.5) is 4.79 Å². The number of imide groups is 1. The molecule has 31 heavy (non-hydrogen) atoms. The van der Waals surface area contributed by atoms with E-state index in [1.165, 1.54) is 4.90 Å². The zero-order valence-corrected chi connectivity index (χ0v) is 18.6. The van der Waals surface area contributed by atoms with Gasteiger partial charge < -0.3 is 4.74 Å². The van der Waals surface area contributed by atoms with Crippen LogP contribution in [0.15, 0.2) is 77.7 Å². The number of ether oxygens (including phenoxy) is 1. The van der Waals surface area contributed by atoms with Crippen molar-refractivity contribution in [2.24, 2.45) is 0 Å². The average Bonchev–Trinajstić information content (AvgIpc) is 3.02. The molecule has 0 atom stereocenters. The molecule has 0 radical (unpaired) electrons. The summed E-state index contributed by atoms with van der Waals surface area (Å²) in [5.41, 5.74) is 2.63. The molecule has 0 bridgehead atoms. The molecular weight excluding hydrogens is 453 g/mol. The summed E-state index contributed by atoms with van der Waals surface area (Å²) in [6.45, 7) is 0.624. The van der Waals surface area contributed by atoms with Gasteiger partial charge in [0.15, 0.2) is 0 Å². The van der Waals surface area contributed by atoms with Crippen molar-refractivity contribution in [3.8, 4) is 5.75 Å². The molecule has 0 aromatic heterocycles. The van der Waals surface area contributed by atoms with Gasteiger partial charge in [-0.2, -0.15) is 0 Å². The van der Waals surface area contributed by atoms with Gasteiger partial charge in [0, 0.05) is 10.0 Å². The second kappa shape index (κ2) is 9.60. The quantitative estimate of drug-likeness (QED) is 0.372. The number of rotatable bonds is 6. The van der Waals surface area contributed by atoms with Crippen molar-refractivity contribution in [2.45, 2.75) is 13.2 Å². The van der Waals surface area contributed by atoms with E-state index in [2.05, 4.69) is 0 Å². The number of nitrogens with zero attached hydrogens (tertiary/aromatic N) is 1. The summed E-state index contributed by atoms with van der Waals surface area (Å²) in [5.74, 6) is 0.402. The van der Waals surface area contributed by atoms with E-state index in [1.807, 2.05) is 48.5 Å². The molecule has 0 spiro atoms. The molecule has 1 aliphatic rings. The standard InChI is InChI=1S/C24H17Cl2NO3S/c25-19-8-4-17(5-9-19)14-27-23(28)22(31-24(27)29)13-16-6-10-21(11-7-16)30-15-18-2-1-3-20(26)12-18/h1-13H,14-15H2/b22-13-. The predicted octanol–water partition coefficient (Wildman–Crippen LogP) is 6.81. The normalized spacial score (nSPS) is 15.0. The zero-order valence-electron chi connectivity index (χ0n) is 16.3. The fourth-order valence-electron chi connectivity index (χ4n) is 3.01. The molecule has 4 rings (SSSR count). The molecule has 0 aliphatic carbocycles. The predicted molar refractivity (Wildman–Crippen MR) is 125 cm³/mol. The first-order valence-electron chi connectivity index (χ1n) is 9.45. The van der Waals surface area contributed by atoms with Crippen LogP contribution < -0.4 is 4.74 Å². The van der Waals surface area contributed by atoms with Crippen molar-refractivity contribution in [3.05, 3.63) is 104 Å². The Morgan fingerprint density at radius 3 is 2.32 bits per heavy atom. The minimum Gasteiger partial charge on any atom is -0.489 e. The van der Waals surface area contributed by atoms with Gasteiger partial charge in [0.2, 0.25) is 0 Å². The van der Waals surface area contributed by atoms with Gasteiger partial charge in [-0.3, -0.25) is 14.5 Å². The summed E-state index contributed by atoms with van der Waals surface area (Å²) in [6, 6.07) is 21.9. The highest BCUT2D eigenvalue weighted by Crippen LogP contribution is 2.33. The lowest BCUT2D eigenvalue weighted by Gasteiger charge is -2.12. The molecule has 3 aromatic rings. The maximum Gasteiger partial charge on any atom is 0.293 e. The van der Waals surface area contributed by atoms with Crippen LogP contribution in [-0.4, -0.2) is 16.0 Å². The molecule has 0 unspecified atom stereocenters.